The molecule has 2 N–H and O–H groups in total. The van der Waals surface area contributed by atoms with Crippen molar-refractivity contribution in [3.63, 3.8) is 0 Å². The summed E-state index contributed by atoms with van der Waals surface area (Å²) in [5.74, 6) is 3.26. The standard InChI is InChI=1S/C38H68O6Si4/c1-41-37-29-33(19-21-35(37)39)13-11-25-45(3,4)43-47(7,8)27-23-31-15-17-32(18-16-31)24-28-48(9,10)44-46(5,6)26-12-14-34-20-22-36(40)38(30-34)42-2/h19-22,29-32,39-40H,11-18,23-28H2,1-10H3. The first kappa shape index (κ1) is 40.9. The third kappa shape index (κ3) is 14.3. The molecular formula is C38H68O6Si4. The van der Waals surface area contributed by atoms with Crippen LogP contribution in [-0.4, -0.2) is 57.7 Å². The molecule has 0 heterocycles. The Kier molecular flexibility index (Phi) is 15.4. The van der Waals surface area contributed by atoms with Crippen LogP contribution in [0.1, 0.15) is 62.5 Å². The van der Waals surface area contributed by atoms with Gasteiger partial charge in [-0.25, -0.2) is 0 Å². The summed E-state index contributed by atoms with van der Waals surface area (Å²) < 4.78 is 24.6. The molecule has 6 nitrogen and oxygen atoms in total. The summed E-state index contributed by atoms with van der Waals surface area (Å²) in [6.07, 6.45) is 12.4. The summed E-state index contributed by atoms with van der Waals surface area (Å²) in [5, 5.41) is 19.8. The molecule has 3 rings (SSSR count). The predicted molar refractivity (Wildman–Crippen MR) is 212 cm³/mol. The van der Waals surface area contributed by atoms with E-state index in [0.29, 0.717) is 11.5 Å². The SMILES string of the molecule is COc1cc(CCC[Si](C)(C)O[Si](C)(C)CCC2CCC(CC[Si](C)(C)O[Si](C)(C)CCCc3ccc(O)c(OC)c3)CC2)ccc1O. The second kappa shape index (κ2) is 18.1. The van der Waals surface area contributed by atoms with Gasteiger partial charge in [-0.3, -0.25) is 0 Å². The normalized spacial score (nSPS) is 17.8. The van der Waals surface area contributed by atoms with E-state index in [9.17, 15) is 10.2 Å². The molecule has 0 aliphatic heterocycles. The summed E-state index contributed by atoms with van der Waals surface area (Å²) >= 11 is 0. The average molecular weight is 733 g/mol. The van der Waals surface area contributed by atoms with Crippen molar-refractivity contribution in [1.29, 1.82) is 0 Å². The van der Waals surface area contributed by atoms with Gasteiger partial charge < -0.3 is 27.9 Å². The lowest BCUT2D eigenvalue weighted by molar-refractivity contribution is 0.260. The Hall–Kier alpha value is -1.57. The number of methoxy groups -OCH3 is 2. The van der Waals surface area contributed by atoms with Crippen LogP contribution in [0.2, 0.25) is 76.6 Å². The van der Waals surface area contributed by atoms with Crippen LogP contribution in [0.3, 0.4) is 0 Å². The van der Waals surface area contributed by atoms with Crippen molar-refractivity contribution in [1.82, 2.24) is 0 Å². The minimum atomic E-state index is -1.74. The van der Waals surface area contributed by atoms with E-state index in [1.807, 2.05) is 24.3 Å². The molecule has 0 amide bonds. The topological polar surface area (TPSA) is 77.4 Å². The van der Waals surface area contributed by atoms with Gasteiger partial charge in [0.25, 0.3) is 0 Å². The van der Waals surface area contributed by atoms with Crippen LogP contribution in [0.4, 0.5) is 0 Å². The number of aryl methyl sites for hydroxylation is 2. The number of phenolic OH excluding ortho intramolecular Hbond substituents is 2. The number of phenols is 2. The van der Waals surface area contributed by atoms with Crippen LogP contribution >= 0.6 is 0 Å². The van der Waals surface area contributed by atoms with Crippen LogP contribution in [0, 0.1) is 11.8 Å². The first-order valence-electron chi connectivity index (χ1n) is 18.5. The molecule has 1 aliphatic carbocycles. The van der Waals surface area contributed by atoms with E-state index in [1.54, 1.807) is 26.4 Å². The lowest BCUT2D eigenvalue weighted by atomic mass is 9.80. The van der Waals surface area contributed by atoms with Crippen molar-refractivity contribution >= 4 is 33.3 Å². The molecule has 1 saturated carbocycles. The van der Waals surface area contributed by atoms with Crippen molar-refractivity contribution in [3.05, 3.63) is 47.5 Å². The van der Waals surface area contributed by atoms with Crippen LogP contribution < -0.4 is 9.47 Å². The van der Waals surface area contributed by atoms with Gasteiger partial charge in [0.15, 0.2) is 56.3 Å². The minimum Gasteiger partial charge on any atom is -0.504 e. The maximum atomic E-state index is 9.88. The van der Waals surface area contributed by atoms with Crippen molar-refractivity contribution in [2.45, 2.75) is 141 Å². The summed E-state index contributed by atoms with van der Waals surface area (Å²) in [7, 11) is -3.67. The second-order valence-corrected chi connectivity index (χ2v) is 34.6. The number of rotatable bonds is 20. The Balaban J connectivity index is 1.33. The highest BCUT2D eigenvalue weighted by Crippen LogP contribution is 2.38. The first-order valence-corrected chi connectivity index (χ1v) is 31.0. The molecule has 2 aromatic rings. The molecule has 2 aromatic carbocycles. The fourth-order valence-electron chi connectivity index (χ4n) is 7.80. The van der Waals surface area contributed by atoms with Crippen LogP contribution in [0.15, 0.2) is 36.4 Å². The summed E-state index contributed by atoms with van der Waals surface area (Å²) in [5.41, 5.74) is 2.43. The fourth-order valence-corrected chi connectivity index (χ4v) is 25.7. The number of aromatic hydroxyl groups is 2. The Labute approximate surface area is 297 Å². The molecule has 272 valence electrons. The van der Waals surface area contributed by atoms with Gasteiger partial charge in [-0.05, 0) is 149 Å². The number of ether oxygens (including phenoxy) is 2. The Morgan fingerprint density at radius 3 is 1.21 bits per heavy atom. The van der Waals surface area contributed by atoms with Gasteiger partial charge in [-0.1, -0.05) is 50.7 Å². The third-order valence-corrected chi connectivity index (χ3v) is 25.3. The molecule has 0 saturated heterocycles. The van der Waals surface area contributed by atoms with E-state index in [2.05, 4.69) is 52.4 Å². The molecule has 0 aromatic heterocycles. The van der Waals surface area contributed by atoms with Gasteiger partial charge >= 0.3 is 0 Å². The molecule has 10 heteroatoms. The van der Waals surface area contributed by atoms with Gasteiger partial charge in [0.05, 0.1) is 14.2 Å². The summed E-state index contributed by atoms with van der Waals surface area (Å²) in [4.78, 5) is 0. The van der Waals surface area contributed by atoms with Gasteiger partial charge in [0.1, 0.15) is 0 Å². The van der Waals surface area contributed by atoms with Gasteiger partial charge in [-0.2, -0.15) is 0 Å². The predicted octanol–water partition coefficient (Wildman–Crippen LogP) is 11.1. The smallest absolute Gasteiger partial charge is 0.173 e. The van der Waals surface area contributed by atoms with Crippen molar-refractivity contribution in [2.24, 2.45) is 11.8 Å². The van der Waals surface area contributed by atoms with E-state index in [1.165, 1.54) is 61.7 Å². The lowest BCUT2D eigenvalue weighted by Crippen LogP contribution is -2.44. The van der Waals surface area contributed by atoms with Crippen molar-refractivity contribution in [2.75, 3.05) is 14.2 Å². The van der Waals surface area contributed by atoms with Gasteiger partial charge in [0, 0.05) is 0 Å². The molecule has 0 bridgehead atoms. The highest BCUT2D eigenvalue weighted by Gasteiger charge is 2.35. The highest BCUT2D eigenvalue weighted by molar-refractivity contribution is 6.85. The van der Waals surface area contributed by atoms with E-state index in [-0.39, 0.29) is 11.5 Å². The van der Waals surface area contributed by atoms with E-state index >= 15 is 0 Å². The fraction of sp³-hybridized carbons (Fsp3) is 0.684. The molecule has 0 unspecified atom stereocenters. The minimum absolute atomic E-state index is 0.204. The van der Waals surface area contributed by atoms with Gasteiger partial charge in [0.2, 0.25) is 0 Å². The molecule has 0 atom stereocenters. The first-order chi connectivity index (χ1) is 22.4. The van der Waals surface area contributed by atoms with Crippen molar-refractivity contribution in [3.8, 4) is 23.0 Å². The Morgan fingerprint density at radius 2 is 0.875 bits per heavy atom. The van der Waals surface area contributed by atoms with Crippen LogP contribution in [0.25, 0.3) is 0 Å². The van der Waals surface area contributed by atoms with E-state index in [4.69, 9.17) is 17.7 Å². The highest BCUT2D eigenvalue weighted by atomic mass is 28.4. The second-order valence-electron chi connectivity index (χ2n) is 16.9. The monoisotopic (exact) mass is 732 g/mol. The Bertz CT molecular complexity index is 1180. The third-order valence-electron chi connectivity index (χ3n) is 10.4. The maximum Gasteiger partial charge on any atom is 0.173 e. The zero-order valence-electron chi connectivity index (χ0n) is 32.0. The van der Waals surface area contributed by atoms with E-state index < -0.39 is 33.3 Å². The molecule has 1 fully saturated rings. The summed E-state index contributed by atoms with van der Waals surface area (Å²) in [6, 6.07) is 16.3. The molecule has 48 heavy (non-hydrogen) atoms. The lowest BCUT2D eigenvalue weighted by Gasteiger charge is -2.37. The zero-order chi connectivity index (χ0) is 35.6. The Morgan fingerprint density at radius 1 is 0.542 bits per heavy atom. The number of hydrogen-bond acceptors (Lipinski definition) is 6. The van der Waals surface area contributed by atoms with Crippen molar-refractivity contribution < 1.29 is 27.9 Å². The maximum absolute atomic E-state index is 9.88. The molecule has 0 spiro atoms. The number of hydrogen-bond donors (Lipinski definition) is 2. The number of benzene rings is 2. The summed E-state index contributed by atoms with van der Waals surface area (Å²) in [6.45, 7) is 19.4. The van der Waals surface area contributed by atoms with Crippen LogP contribution in [-0.2, 0) is 21.1 Å². The largest absolute Gasteiger partial charge is 0.504 e. The molecule has 1 aliphatic rings. The average Bonchev–Trinajstić information content (AvgIpc) is 3.00. The van der Waals surface area contributed by atoms with Gasteiger partial charge in [-0.15, -0.1) is 0 Å². The quantitative estimate of drug-likeness (QED) is 0.132. The molecule has 0 radical (unpaired) electrons. The zero-order valence-corrected chi connectivity index (χ0v) is 36.0. The van der Waals surface area contributed by atoms with Crippen LogP contribution in [0.5, 0.6) is 23.0 Å². The van der Waals surface area contributed by atoms with E-state index in [0.717, 1.165) is 49.6 Å². The molecular weight excluding hydrogens is 665 g/mol.